The molecule has 1 aromatic heterocycles. The number of anilines is 1. The predicted molar refractivity (Wildman–Crippen MR) is 67.9 cm³/mol. The van der Waals surface area contributed by atoms with E-state index < -0.39 is 0 Å². The van der Waals surface area contributed by atoms with Gasteiger partial charge in [0.2, 0.25) is 0 Å². The Morgan fingerprint density at radius 2 is 2.25 bits per heavy atom. The van der Waals surface area contributed by atoms with Crippen molar-refractivity contribution in [3.05, 3.63) is 23.4 Å². The molecule has 3 nitrogen and oxygen atoms in total. The summed E-state index contributed by atoms with van der Waals surface area (Å²) in [7, 11) is 4.28. The minimum Gasteiger partial charge on any atom is -0.368 e. The van der Waals surface area contributed by atoms with Crippen molar-refractivity contribution in [3.63, 3.8) is 0 Å². The van der Waals surface area contributed by atoms with Crippen LogP contribution in [0.15, 0.2) is 18.3 Å². The molecule has 0 aromatic carbocycles. The molecule has 0 spiro atoms. The molecule has 1 saturated carbocycles. The van der Waals surface area contributed by atoms with E-state index in [1.807, 2.05) is 12.1 Å². The van der Waals surface area contributed by atoms with Gasteiger partial charge in [-0.2, -0.15) is 0 Å². The van der Waals surface area contributed by atoms with Crippen molar-refractivity contribution in [3.8, 4) is 0 Å². The van der Waals surface area contributed by atoms with E-state index in [9.17, 15) is 0 Å². The van der Waals surface area contributed by atoms with E-state index in [2.05, 4.69) is 29.3 Å². The number of hydrogen-bond acceptors (Lipinski definition) is 3. The fraction of sp³-hybridized carbons (Fsp3) is 0.583. The first-order chi connectivity index (χ1) is 7.66. The number of likely N-dealkylation sites (N-methyl/N-ethyl adjacent to an activating group) is 1. The van der Waals surface area contributed by atoms with E-state index >= 15 is 0 Å². The van der Waals surface area contributed by atoms with Gasteiger partial charge in [0.1, 0.15) is 5.82 Å². The molecule has 16 heavy (non-hydrogen) atoms. The van der Waals surface area contributed by atoms with Gasteiger partial charge in [0.15, 0.2) is 0 Å². The van der Waals surface area contributed by atoms with Crippen LogP contribution in [-0.4, -0.2) is 36.6 Å². The molecule has 1 aromatic rings. The Hall–Kier alpha value is -0.800. The largest absolute Gasteiger partial charge is 0.368 e. The molecule has 4 heteroatoms. The number of pyridine rings is 1. The summed E-state index contributed by atoms with van der Waals surface area (Å²) >= 11 is 5.79. The number of halogens is 1. The smallest absolute Gasteiger partial charge is 0.126 e. The monoisotopic (exact) mass is 239 g/mol. The van der Waals surface area contributed by atoms with Gasteiger partial charge in [-0.15, -0.1) is 0 Å². The molecule has 1 unspecified atom stereocenters. The maximum Gasteiger partial charge on any atom is 0.126 e. The lowest BCUT2D eigenvalue weighted by molar-refractivity contribution is 0.276. The summed E-state index contributed by atoms with van der Waals surface area (Å²) in [6.07, 6.45) is 4.39. The lowest BCUT2D eigenvalue weighted by Gasteiger charge is -2.24. The van der Waals surface area contributed by atoms with Gasteiger partial charge < -0.3 is 10.2 Å². The standard InChI is InChI=1S/C12H18ClN3/c1-16(2)11(9-3-4-9)8-15-12-6-5-10(13)7-14-12/h5-7,9,11H,3-4,8H2,1-2H3,(H,14,15). The minimum absolute atomic E-state index is 0.609. The molecule has 1 aliphatic carbocycles. The van der Waals surface area contributed by atoms with Gasteiger partial charge in [0.25, 0.3) is 0 Å². The second-order valence-electron chi connectivity index (χ2n) is 4.61. The quantitative estimate of drug-likeness (QED) is 0.856. The maximum absolute atomic E-state index is 5.79. The number of nitrogens with one attached hydrogen (secondary N) is 1. The van der Waals surface area contributed by atoms with Crippen LogP contribution in [0.3, 0.4) is 0 Å². The van der Waals surface area contributed by atoms with Crippen LogP contribution in [0.5, 0.6) is 0 Å². The van der Waals surface area contributed by atoms with E-state index in [0.29, 0.717) is 11.1 Å². The lowest BCUT2D eigenvalue weighted by atomic mass is 10.1. The Balaban J connectivity index is 1.87. The van der Waals surface area contributed by atoms with Gasteiger partial charge in [-0.05, 0) is 45.0 Å². The van der Waals surface area contributed by atoms with Crippen molar-refractivity contribution >= 4 is 17.4 Å². The summed E-state index contributed by atoms with van der Waals surface area (Å²) in [5, 5.41) is 4.04. The molecule has 88 valence electrons. The van der Waals surface area contributed by atoms with Gasteiger partial charge >= 0.3 is 0 Å². The van der Waals surface area contributed by atoms with Crippen molar-refractivity contribution in [2.45, 2.75) is 18.9 Å². The highest BCUT2D eigenvalue weighted by Crippen LogP contribution is 2.34. The summed E-state index contributed by atoms with van der Waals surface area (Å²) in [5.41, 5.74) is 0. The van der Waals surface area contributed by atoms with Crippen molar-refractivity contribution in [2.75, 3.05) is 26.0 Å². The van der Waals surface area contributed by atoms with E-state index in [0.717, 1.165) is 18.3 Å². The van der Waals surface area contributed by atoms with Crippen molar-refractivity contribution in [1.29, 1.82) is 0 Å². The van der Waals surface area contributed by atoms with Crippen LogP contribution in [0.2, 0.25) is 5.02 Å². The average molecular weight is 240 g/mol. The molecule has 1 heterocycles. The van der Waals surface area contributed by atoms with Crippen LogP contribution in [-0.2, 0) is 0 Å². The molecule has 0 aliphatic heterocycles. The molecule has 1 atom stereocenters. The minimum atomic E-state index is 0.609. The highest BCUT2D eigenvalue weighted by Gasteiger charge is 2.32. The molecule has 1 aliphatic rings. The molecule has 1 N–H and O–H groups in total. The third-order valence-electron chi connectivity index (χ3n) is 3.05. The number of nitrogens with zero attached hydrogens (tertiary/aromatic N) is 2. The first kappa shape index (κ1) is 11.7. The summed E-state index contributed by atoms with van der Waals surface area (Å²) in [6.45, 7) is 0.951. The van der Waals surface area contributed by atoms with E-state index in [4.69, 9.17) is 11.6 Å². The van der Waals surface area contributed by atoms with Crippen LogP contribution in [0.4, 0.5) is 5.82 Å². The first-order valence-corrected chi connectivity index (χ1v) is 6.06. The second kappa shape index (κ2) is 5.02. The van der Waals surface area contributed by atoms with E-state index in [1.54, 1.807) is 6.20 Å². The molecule has 0 amide bonds. The molecule has 0 bridgehead atoms. The maximum atomic E-state index is 5.79. The molecule has 0 radical (unpaired) electrons. The summed E-state index contributed by atoms with van der Waals surface area (Å²) in [5.74, 6) is 1.76. The predicted octanol–water partition coefficient (Wildman–Crippen LogP) is 2.49. The molecule has 1 fully saturated rings. The molecule has 2 rings (SSSR count). The second-order valence-corrected chi connectivity index (χ2v) is 5.05. The molecular formula is C12H18ClN3. The normalized spacial score (nSPS) is 17.5. The molecular weight excluding hydrogens is 222 g/mol. The van der Waals surface area contributed by atoms with Crippen LogP contribution in [0.25, 0.3) is 0 Å². The topological polar surface area (TPSA) is 28.2 Å². The van der Waals surface area contributed by atoms with Gasteiger partial charge in [0.05, 0.1) is 5.02 Å². The Morgan fingerprint density at radius 1 is 1.50 bits per heavy atom. The Labute approximate surface area is 102 Å². The third kappa shape index (κ3) is 3.09. The highest BCUT2D eigenvalue weighted by atomic mass is 35.5. The zero-order chi connectivity index (χ0) is 11.5. The third-order valence-corrected chi connectivity index (χ3v) is 3.27. The van der Waals surface area contributed by atoms with Crippen molar-refractivity contribution in [2.24, 2.45) is 5.92 Å². The van der Waals surface area contributed by atoms with Gasteiger partial charge in [-0.1, -0.05) is 11.6 Å². The SMILES string of the molecule is CN(C)C(CNc1ccc(Cl)cn1)C1CC1. The fourth-order valence-corrected chi connectivity index (χ4v) is 2.05. The van der Waals surface area contributed by atoms with Crippen LogP contribution >= 0.6 is 11.6 Å². The molecule has 0 saturated heterocycles. The van der Waals surface area contributed by atoms with Crippen molar-refractivity contribution < 1.29 is 0 Å². The zero-order valence-corrected chi connectivity index (χ0v) is 10.5. The average Bonchev–Trinajstić information content (AvgIpc) is 3.05. The van der Waals surface area contributed by atoms with Gasteiger partial charge in [0, 0.05) is 18.8 Å². The summed E-state index contributed by atoms with van der Waals surface area (Å²) < 4.78 is 0. The van der Waals surface area contributed by atoms with Crippen LogP contribution < -0.4 is 5.32 Å². The Morgan fingerprint density at radius 3 is 2.75 bits per heavy atom. The van der Waals surface area contributed by atoms with Crippen LogP contribution in [0.1, 0.15) is 12.8 Å². The number of rotatable bonds is 5. The Kier molecular flexibility index (Phi) is 3.66. The number of hydrogen-bond donors (Lipinski definition) is 1. The van der Waals surface area contributed by atoms with Gasteiger partial charge in [-0.25, -0.2) is 4.98 Å². The summed E-state index contributed by atoms with van der Waals surface area (Å²) in [6, 6.07) is 4.39. The lowest BCUT2D eigenvalue weighted by Crippen LogP contribution is -2.36. The van der Waals surface area contributed by atoms with E-state index in [1.165, 1.54) is 12.8 Å². The van der Waals surface area contributed by atoms with Gasteiger partial charge in [-0.3, -0.25) is 0 Å². The Bertz CT molecular complexity index is 331. The number of aromatic nitrogens is 1. The van der Waals surface area contributed by atoms with E-state index in [-0.39, 0.29) is 0 Å². The fourth-order valence-electron chi connectivity index (χ4n) is 1.94. The first-order valence-electron chi connectivity index (χ1n) is 5.68. The van der Waals surface area contributed by atoms with Crippen LogP contribution in [0, 0.1) is 5.92 Å². The highest BCUT2D eigenvalue weighted by molar-refractivity contribution is 6.30. The van der Waals surface area contributed by atoms with Crippen molar-refractivity contribution in [1.82, 2.24) is 9.88 Å². The zero-order valence-electron chi connectivity index (χ0n) is 9.78. The summed E-state index contributed by atoms with van der Waals surface area (Å²) in [4.78, 5) is 6.52.